The van der Waals surface area contributed by atoms with Gasteiger partial charge in [-0.15, -0.1) is 0 Å². The normalized spacial score (nSPS) is 13.6. The minimum Gasteiger partial charge on any atom is -0.481 e. The summed E-state index contributed by atoms with van der Waals surface area (Å²) in [6, 6.07) is 23.6. The van der Waals surface area contributed by atoms with E-state index in [-0.39, 0.29) is 0 Å². The van der Waals surface area contributed by atoms with Crippen LogP contribution in [0.25, 0.3) is 0 Å². The fourth-order valence-corrected chi connectivity index (χ4v) is 3.84. The summed E-state index contributed by atoms with van der Waals surface area (Å²) in [4.78, 5) is 37.9. The van der Waals surface area contributed by atoms with Gasteiger partial charge in [0.25, 0.3) is 5.91 Å². The Labute approximate surface area is 180 Å². The second kappa shape index (κ2) is 9.26. The van der Waals surface area contributed by atoms with Gasteiger partial charge in [-0.25, -0.2) is 4.79 Å². The lowest BCUT2D eigenvalue weighted by Crippen LogP contribution is -2.56. The quantitative estimate of drug-likeness (QED) is 0.515. The second-order valence-corrected chi connectivity index (χ2v) is 7.31. The Morgan fingerprint density at radius 3 is 1.94 bits per heavy atom. The summed E-state index contributed by atoms with van der Waals surface area (Å²) in [6.45, 7) is 1.76. The molecule has 2 unspecified atom stereocenters. The summed E-state index contributed by atoms with van der Waals surface area (Å²) in [7, 11) is 0. The monoisotopic (exact) mass is 417 g/mol. The van der Waals surface area contributed by atoms with E-state index < -0.39 is 35.7 Å². The zero-order chi connectivity index (χ0) is 22.4. The topological polar surface area (TPSA) is 104 Å². The van der Waals surface area contributed by atoms with Crippen LogP contribution in [0.1, 0.15) is 39.4 Å². The molecule has 31 heavy (non-hydrogen) atoms. The maximum atomic E-state index is 13.3. The summed E-state index contributed by atoms with van der Waals surface area (Å²) in [6.07, 6.45) is -0.487. The van der Waals surface area contributed by atoms with E-state index in [0.717, 1.165) is 0 Å². The molecule has 3 rings (SSSR count). The molecule has 3 N–H and O–H groups in total. The summed E-state index contributed by atoms with van der Waals surface area (Å²) in [5.41, 5.74) is -0.200. The van der Waals surface area contributed by atoms with Crippen LogP contribution in [-0.4, -0.2) is 28.1 Å². The number of aryl methyl sites for hydroxylation is 1. The van der Waals surface area contributed by atoms with E-state index in [2.05, 4.69) is 5.32 Å². The third-order valence-electron chi connectivity index (χ3n) is 5.37. The van der Waals surface area contributed by atoms with E-state index in [1.54, 1.807) is 91.9 Å². The number of nitrogens with one attached hydrogen (secondary N) is 1. The molecule has 0 aromatic heterocycles. The number of rotatable bonds is 8. The van der Waals surface area contributed by atoms with Gasteiger partial charge in [-0.05, 0) is 29.7 Å². The minimum atomic E-state index is -2.00. The average molecular weight is 417 g/mol. The molecule has 6 heteroatoms. The van der Waals surface area contributed by atoms with E-state index in [9.17, 15) is 24.6 Å². The number of hydrogen-bond acceptors (Lipinski definition) is 3. The predicted molar refractivity (Wildman–Crippen MR) is 116 cm³/mol. The molecule has 3 aromatic rings. The lowest BCUT2D eigenvalue weighted by Gasteiger charge is -2.38. The molecule has 6 nitrogen and oxygen atoms in total. The van der Waals surface area contributed by atoms with Crippen LogP contribution in [0.4, 0.5) is 0 Å². The molecule has 1 amide bonds. The molecule has 0 saturated carbocycles. The Bertz CT molecular complexity index is 1080. The van der Waals surface area contributed by atoms with Gasteiger partial charge in [0.1, 0.15) is 0 Å². The zero-order valence-corrected chi connectivity index (χ0v) is 17.0. The Morgan fingerprint density at radius 1 is 0.839 bits per heavy atom. The van der Waals surface area contributed by atoms with Gasteiger partial charge >= 0.3 is 11.9 Å². The number of carbonyl (C=O) groups excluding carboxylic acids is 1. The smallest absolute Gasteiger partial charge is 0.334 e. The van der Waals surface area contributed by atoms with Gasteiger partial charge in [0, 0.05) is 11.5 Å². The fraction of sp³-hybridized carbons (Fsp3) is 0.160. The molecule has 0 radical (unpaired) electrons. The zero-order valence-electron chi connectivity index (χ0n) is 17.0. The van der Waals surface area contributed by atoms with Crippen molar-refractivity contribution in [2.45, 2.75) is 24.8 Å². The Hall–Kier alpha value is -3.93. The molecule has 2 atom stereocenters. The second-order valence-electron chi connectivity index (χ2n) is 7.31. The fourth-order valence-electron chi connectivity index (χ4n) is 3.84. The number of carboxylic acid groups (broad SMARTS) is 2. The summed E-state index contributed by atoms with van der Waals surface area (Å²) in [5, 5.41) is 22.8. The number of benzene rings is 3. The van der Waals surface area contributed by atoms with Crippen molar-refractivity contribution in [3.8, 4) is 0 Å². The standard InChI is InChI=1S/C25H23NO5/c1-17-10-8-9-15-20(17)23(29)26-25(24(30)31,19-13-6-3-7-14-19)21(16-22(27)28)18-11-4-2-5-12-18/h2-15,21H,16H2,1H3,(H,26,29)(H,27,28)(H,30,31). The third-order valence-corrected chi connectivity index (χ3v) is 5.37. The SMILES string of the molecule is Cc1ccccc1C(=O)NC(C(=O)O)(c1ccccc1)C(CC(=O)O)c1ccccc1. The van der Waals surface area contributed by atoms with Crippen molar-refractivity contribution >= 4 is 17.8 Å². The van der Waals surface area contributed by atoms with Crippen LogP contribution < -0.4 is 5.32 Å². The molecule has 0 aliphatic heterocycles. The van der Waals surface area contributed by atoms with E-state index in [4.69, 9.17) is 0 Å². The van der Waals surface area contributed by atoms with E-state index in [1.165, 1.54) is 0 Å². The van der Waals surface area contributed by atoms with Gasteiger partial charge in [-0.3, -0.25) is 9.59 Å². The molecule has 0 aliphatic carbocycles. The highest BCUT2D eigenvalue weighted by Gasteiger charge is 2.50. The molecule has 0 aliphatic rings. The van der Waals surface area contributed by atoms with Crippen molar-refractivity contribution in [1.29, 1.82) is 0 Å². The highest BCUT2D eigenvalue weighted by molar-refractivity contribution is 6.00. The van der Waals surface area contributed by atoms with Crippen molar-refractivity contribution in [3.63, 3.8) is 0 Å². The Morgan fingerprint density at radius 2 is 1.39 bits per heavy atom. The molecule has 3 aromatic carbocycles. The summed E-state index contributed by atoms with van der Waals surface area (Å²) >= 11 is 0. The van der Waals surface area contributed by atoms with Gasteiger partial charge in [0.15, 0.2) is 5.54 Å². The molecule has 0 fully saturated rings. The van der Waals surface area contributed by atoms with Crippen molar-refractivity contribution in [2.24, 2.45) is 0 Å². The molecule has 0 spiro atoms. The van der Waals surface area contributed by atoms with Gasteiger partial charge in [0.2, 0.25) is 0 Å². The summed E-state index contributed by atoms with van der Waals surface area (Å²) in [5.74, 6) is -4.15. The molecule has 0 bridgehead atoms. The van der Waals surface area contributed by atoms with Gasteiger partial charge in [-0.1, -0.05) is 78.9 Å². The first kappa shape index (κ1) is 21.8. The first-order chi connectivity index (χ1) is 14.9. The Kier molecular flexibility index (Phi) is 6.50. The first-order valence-corrected chi connectivity index (χ1v) is 9.80. The van der Waals surface area contributed by atoms with Crippen LogP contribution in [-0.2, 0) is 15.1 Å². The number of hydrogen-bond donors (Lipinski definition) is 3. The molecule has 0 saturated heterocycles. The maximum Gasteiger partial charge on any atom is 0.334 e. The molecular formula is C25H23NO5. The van der Waals surface area contributed by atoms with Crippen molar-refractivity contribution in [1.82, 2.24) is 5.32 Å². The number of carbonyl (C=O) groups is 3. The average Bonchev–Trinajstić information content (AvgIpc) is 2.77. The van der Waals surface area contributed by atoms with Crippen LogP contribution in [0.3, 0.4) is 0 Å². The predicted octanol–water partition coefficient (Wildman–Crippen LogP) is 3.96. The van der Waals surface area contributed by atoms with Gasteiger partial charge < -0.3 is 15.5 Å². The minimum absolute atomic E-state index is 0.291. The van der Waals surface area contributed by atoms with Crippen LogP contribution in [0.5, 0.6) is 0 Å². The van der Waals surface area contributed by atoms with Crippen LogP contribution in [0, 0.1) is 6.92 Å². The largest absolute Gasteiger partial charge is 0.481 e. The van der Waals surface area contributed by atoms with Crippen molar-refractivity contribution in [2.75, 3.05) is 0 Å². The van der Waals surface area contributed by atoms with Gasteiger partial charge in [-0.2, -0.15) is 0 Å². The van der Waals surface area contributed by atoms with Crippen LogP contribution >= 0.6 is 0 Å². The van der Waals surface area contributed by atoms with E-state index >= 15 is 0 Å². The number of amides is 1. The number of aliphatic carboxylic acids is 2. The third kappa shape index (κ3) is 4.48. The highest BCUT2D eigenvalue weighted by Crippen LogP contribution is 2.40. The first-order valence-electron chi connectivity index (χ1n) is 9.80. The van der Waals surface area contributed by atoms with Crippen LogP contribution in [0.2, 0.25) is 0 Å². The van der Waals surface area contributed by atoms with Crippen molar-refractivity contribution < 1.29 is 24.6 Å². The van der Waals surface area contributed by atoms with Crippen LogP contribution in [0.15, 0.2) is 84.9 Å². The van der Waals surface area contributed by atoms with E-state index in [0.29, 0.717) is 22.3 Å². The Balaban J connectivity index is 2.24. The molecular weight excluding hydrogens is 394 g/mol. The van der Waals surface area contributed by atoms with Gasteiger partial charge in [0.05, 0.1) is 6.42 Å². The maximum absolute atomic E-state index is 13.3. The molecule has 0 heterocycles. The number of carboxylic acids is 2. The van der Waals surface area contributed by atoms with Crippen molar-refractivity contribution in [3.05, 3.63) is 107 Å². The lowest BCUT2D eigenvalue weighted by molar-refractivity contribution is -0.147. The lowest BCUT2D eigenvalue weighted by atomic mass is 9.72. The molecule has 158 valence electrons. The van der Waals surface area contributed by atoms with E-state index in [1.807, 2.05) is 0 Å². The summed E-state index contributed by atoms with van der Waals surface area (Å²) < 4.78 is 0. The highest BCUT2D eigenvalue weighted by atomic mass is 16.4.